The van der Waals surface area contributed by atoms with Gasteiger partial charge >= 0.3 is 0 Å². The molecule has 0 saturated carbocycles. The molecule has 2 aromatic rings. The summed E-state index contributed by atoms with van der Waals surface area (Å²) in [5.41, 5.74) is 3.25. The van der Waals surface area contributed by atoms with E-state index < -0.39 is 6.10 Å². The zero-order valence-corrected chi connectivity index (χ0v) is 12.8. The van der Waals surface area contributed by atoms with Crippen molar-refractivity contribution < 1.29 is 5.11 Å². The number of aliphatic hydroxyl groups excluding tert-OH is 1. The topological polar surface area (TPSA) is 23.5 Å². The van der Waals surface area contributed by atoms with Crippen LogP contribution in [0, 0.1) is 0 Å². The van der Waals surface area contributed by atoms with Gasteiger partial charge in [0.25, 0.3) is 0 Å². The van der Waals surface area contributed by atoms with Crippen LogP contribution in [-0.4, -0.2) is 12.2 Å². The number of hydrogen-bond donors (Lipinski definition) is 1. The number of anilines is 1. The number of rotatable bonds is 4. The summed E-state index contributed by atoms with van der Waals surface area (Å²) in [6.07, 6.45) is -0.481. The van der Waals surface area contributed by atoms with Gasteiger partial charge in [-0.15, -0.1) is 0 Å². The first-order valence-electron chi connectivity index (χ1n) is 6.30. The molecule has 100 valence electrons. The van der Waals surface area contributed by atoms with Crippen LogP contribution in [0.1, 0.15) is 24.2 Å². The first-order valence-corrected chi connectivity index (χ1v) is 7.10. The molecule has 0 amide bonds. The second-order valence-corrected chi connectivity index (χ2v) is 5.64. The second kappa shape index (κ2) is 6.22. The largest absolute Gasteiger partial charge is 0.389 e. The highest BCUT2D eigenvalue weighted by molar-refractivity contribution is 9.10. The van der Waals surface area contributed by atoms with Gasteiger partial charge in [-0.05, 0) is 30.7 Å². The summed E-state index contributed by atoms with van der Waals surface area (Å²) >= 11 is 3.45. The lowest BCUT2D eigenvalue weighted by atomic mass is 10.1. The molecule has 0 bridgehead atoms. The molecular formula is C16H18BrNO. The summed E-state index contributed by atoms with van der Waals surface area (Å²) in [4.78, 5) is 2.16. The Labute approximate surface area is 122 Å². The van der Waals surface area contributed by atoms with Gasteiger partial charge in [-0.1, -0.05) is 46.3 Å². The third kappa shape index (κ3) is 3.58. The summed E-state index contributed by atoms with van der Waals surface area (Å²) in [6, 6.07) is 16.3. The summed E-state index contributed by atoms with van der Waals surface area (Å²) in [7, 11) is 2.04. The predicted molar refractivity (Wildman–Crippen MR) is 83.3 cm³/mol. The fraction of sp³-hybridized carbons (Fsp3) is 0.250. The molecule has 0 radical (unpaired) electrons. The Morgan fingerprint density at radius 1 is 1.16 bits per heavy atom. The highest BCUT2D eigenvalue weighted by Crippen LogP contribution is 2.29. The molecule has 0 fully saturated rings. The van der Waals surface area contributed by atoms with Crippen LogP contribution in [0.25, 0.3) is 0 Å². The molecule has 0 aliphatic rings. The molecule has 2 nitrogen and oxygen atoms in total. The molecule has 0 aliphatic carbocycles. The first kappa shape index (κ1) is 14.1. The van der Waals surface area contributed by atoms with Gasteiger partial charge < -0.3 is 10.0 Å². The van der Waals surface area contributed by atoms with E-state index in [0.717, 1.165) is 22.3 Å². The van der Waals surface area contributed by atoms with Crippen LogP contribution in [-0.2, 0) is 6.54 Å². The van der Waals surface area contributed by atoms with Crippen molar-refractivity contribution in [3.05, 3.63) is 64.1 Å². The van der Waals surface area contributed by atoms with Crippen LogP contribution in [0.15, 0.2) is 53.0 Å². The van der Waals surface area contributed by atoms with E-state index in [9.17, 15) is 5.11 Å². The van der Waals surface area contributed by atoms with Crippen LogP contribution in [0.5, 0.6) is 0 Å². The van der Waals surface area contributed by atoms with Crippen LogP contribution in [0.4, 0.5) is 5.69 Å². The third-order valence-electron chi connectivity index (χ3n) is 3.11. The minimum absolute atomic E-state index is 0.481. The maximum Gasteiger partial charge on any atom is 0.0782 e. The monoisotopic (exact) mass is 319 g/mol. The zero-order chi connectivity index (χ0) is 13.8. The maximum atomic E-state index is 9.90. The highest BCUT2D eigenvalue weighted by Gasteiger charge is 2.12. The van der Waals surface area contributed by atoms with Gasteiger partial charge in [0.05, 0.1) is 6.10 Å². The quantitative estimate of drug-likeness (QED) is 0.915. The molecule has 0 saturated heterocycles. The van der Waals surface area contributed by atoms with E-state index in [1.54, 1.807) is 6.92 Å². The SMILES string of the molecule is CC(O)c1cc(Br)ccc1N(C)Cc1ccccc1. The summed E-state index contributed by atoms with van der Waals surface area (Å²) < 4.78 is 0.986. The standard InChI is InChI=1S/C16H18BrNO/c1-12(19)15-10-14(17)8-9-16(15)18(2)11-13-6-4-3-5-7-13/h3-10,12,19H,11H2,1-2H3. The lowest BCUT2D eigenvalue weighted by Crippen LogP contribution is -2.18. The molecular weight excluding hydrogens is 302 g/mol. The van der Waals surface area contributed by atoms with Gasteiger partial charge in [-0.25, -0.2) is 0 Å². The maximum absolute atomic E-state index is 9.90. The van der Waals surface area contributed by atoms with E-state index in [4.69, 9.17) is 0 Å². The normalized spacial score (nSPS) is 12.2. The number of nitrogens with zero attached hydrogens (tertiary/aromatic N) is 1. The Balaban J connectivity index is 2.26. The zero-order valence-electron chi connectivity index (χ0n) is 11.2. The molecule has 1 atom stereocenters. The average molecular weight is 320 g/mol. The molecule has 0 spiro atoms. The smallest absolute Gasteiger partial charge is 0.0782 e. The summed E-state index contributed by atoms with van der Waals surface area (Å²) in [5, 5.41) is 9.90. The molecule has 3 heteroatoms. The van der Waals surface area contributed by atoms with E-state index in [1.807, 2.05) is 43.4 Å². The van der Waals surface area contributed by atoms with E-state index in [0.29, 0.717) is 0 Å². The molecule has 2 rings (SSSR count). The lowest BCUT2D eigenvalue weighted by molar-refractivity contribution is 0.199. The summed E-state index contributed by atoms with van der Waals surface area (Å²) in [6.45, 7) is 2.61. The fourth-order valence-corrected chi connectivity index (χ4v) is 2.53. The minimum atomic E-state index is -0.481. The van der Waals surface area contributed by atoms with Crippen molar-refractivity contribution in [1.29, 1.82) is 0 Å². The van der Waals surface area contributed by atoms with Crippen molar-refractivity contribution in [2.45, 2.75) is 19.6 Å². The van der Waals surface area contributed by atoms with E-state index in [1.165, 1.54) is 5.56 Å². The first-order chi connectivity index (χ1) is 9.08. The molecule has 0 aromatic heterocycles. The fourth-order valence-electron chi connectivity index (χ4n) is 2.15. The van der Waals surface area contributed by atoms with Crippen LogP contribution < -0.4 is 4.90 Å². The molecule has 0 heterocycles. The lowest BCUT2D eigenvalue weighted by Gasteiger charge is -2.24. The molecule has 2 aromatic carbocycles. The van der Waals surface area contributed by atoms with Crippen molar-refractivity contribution >= 4 is 21.6 Å². The van der Waals surface area contributed by atoms with E-state index in [-0.39, 0.29) is 0 Å². The van der Waals surface area contributed by atoms with Crippen LogP contribution in [0.2, 0.25) is 0 Å². The number of halogens is 1. The van der Waals surface area contributed by atoms with Crippen LogP contribution in [0.3, 0.4) is 0 Å². The molecule has 1 unspecified atom stereocenters. The molecule has 0 aliphatic heterocycles. The Kier molecular flexibility index (Phi) is 4.61. The van der Waals surface area contributed by atoms with E-state index >= 15 is 0 Å². The summed E-state index contributed by atoms with van der Waals surface area (Å²) in [5.74, 6) is 0. The van der Waals surface area contributed by atoms with E-state index in [2.05, 4.69) is 33.0 Å². The van der Waals surface area contributed by atoms with Gasteiger partial charge in [0.15, 0.2) is 0 Å². The van der Waals surface area contributed by atoms with Crippen molar-refractivity contribution in [2.24, 2.45) is 0 Å². The van der Waals surface area contributed by atoms with Crippen molar-refractivity contribution in [1.82, 2.24) is 0 Å². The molecule has 19 heavy (non-hydrogen) atoms. The average Bonchev–Trinajstić information content (AvgIpc) is 2.39. The minimum Gasteiger partial charge on any atom is -0.389 e. The van der Waals surface area contributed by atoms with Gasteiger partial charge in [0.2, 0.25) is 0 Å². The van der Waals surface area contributed by atoms with Crippen molar-refractivity contribution in [3.8, 4) is 0 Å². The predicted octanol–water partition coefficient (Wildman–Crippen LogP) is 4.14. The Morgan fingerprint density at radius 3 is 2.47 bits per heavy atom. The van der Waals surface area contributed by atoms with Gasteiger partial charge in [-0.3, -0.25) is 0 Å². The van der Waals surface area contributed by atoms with Gasteiger partial charge in [0.1, 0.15) is 0 Å². The highest BCUT2D eigenvalue weighted by atomic mass is 79.9. The number of hydrogen-bond acceptors (Lipinski definition) is 2. The second-order valence-electron chi connectivity index (χ2n) is 4.72. The third-order valence-corrected chi connectivity index (χ3v) is 3.61. The Bertz CT molecular complexity index is 540. The van der Waals surface area contributed by atoms with Crippen molar-refractivity contribution in [3.63, 3.8) is 0 Å². The molecule has 1 N–H and O–H groups in total. The van der Waals surface area contributed by atoms with Crippen molar-refractivity contribution in [2.75, 3.05) is 11.9 Å². The Morgan fingerprint density at radius 2 is 1.84 bits per heavy atom. The van der Waals surface area contributed by atoms with Crippen LogP contribution >= 0.6 is 15.9 Å². The number of aliphatic hydroxyl groups is 1. The number of benzene rings is 2. The van der Waals surface area contributed by atoms with Gasteiger partial charge in [0, 0.05) is 29.3 Å². The van der Waals surface area contributed by atoms with Gasteiger partial charge in [-0.2, -0.15) is 0 Å². The Hall–Kier alpha value is -1.32.